The molecule has 0 unspecified atom stereocenters. The minimum absolute atomic E-state index is 0.329. The van der Waals surface area contributed by atoms with Gasteiger partial charge in [0.2, 0.25) is 0 Å². The van der Waals surface area contributed by atoms with Crippen molar-refractivity contribution in [1.82, 2.24) is 9.97 Å². The fourth-order valence-electron chi connectivity index (χ4n) is 2.15. The summed E-state index contributed by atoms with van der Waals surface area (Å²) in [5.74, 6) is 0.963. The van der Waals surface area contributed by atoms with Crippen LogP contribution in [0.2, 0.25) is 0 Å². The molecule has 0 radical (unpaired) electrons. The molecule has 3 rings (SSSR count). The van der Waals surface area contributed by atoms with E-state index in [0.717, 1.165) is 23.5 Å². The number of hydrogen-bond donors (Lipinski definition) is 1. The third-order valence-electron chi connectivity index (χ3n) is 3.39. The van der Waals surface area contributed by atoms with Crippen LogP contribution in [0.3, 0.4) is 0 Å². The van der Waals surface area contributed by atoms with Gasteiger partial charge in [0.05, 0.1) is 5.39 Å². The van der Waals surface area contributed by atoms with Gasteiger partial charge in [0.25, 0.3) is 0 Å². The standard InChI is InChI=1S/C12H14ClN3S/c1-6-7(2)17-12-10(6)11(14-5-15-12)16-9-3-8(13)4-9/h5,8-9H,3-4H2,1-2H3,(H,14,15,16). The number of anilines is 1. The van der Waals surface area contributed by atoms with Crippen molar-refractivity contribution in [3.05, 3.63) is 16.8 Å². The van der Waals surface area contributed by atoms with Crippen molar-refractivity contribution in [3.8, 4) is 0 Å². The van der Waals surface area contributed by atoms with Gasteiger partial charge >= 0.3 is 0 Å². The van der Waals surface area contributed by atoms with E-state index in [-0.39, 0.29) is 0 Å². The summed E-state index contributed by atoms with van der Waals surface area (Å²) in [7, 11) is 0. The molecular formula is C12H14ClN3S. The molecule has 17 heavy (non-hydrogen) atoms. The predicted octanol–water partition coefficient (Wildman–Crippen LogP) is 3.49. The molecule has 2 aromatic heterocycles. The summed E-state index contributed by atoms with van der Waals surface area (Å²) in [6, 6.07) is 0.468. The molecule has 0 saturated heterocycles. The van der Waals surface area contributed by atoms with E-state index in [1.807, 2.05) is 0 Å². The second-order valence-corrected chi connectivity index (χ2v) is 6.42. The van der Waals surface area contributed by atoms with Crippen LogP contribution in [0, 0.1) is 13.8 Å². The zero-order valence-corrected chi connectivity index (χ0v) is 11.4. The van der Waals surface area contributed by atoms with Crippen LogP contribution in [0.5, 0.6) is 0 Å². The van der Waals surface area contributed by atoms with E-state index in [1.54, 1.807) is 17.7 Å². The predicted molar refractivity (Wildman–Crippen MR) is 73.2 cm³/mol. The molecule has 1 aliphatic rings. The lowest BCUT2D eigenvalue weighted by molar-refractivity contribution is 0.454. The van der Waals surface area contributed by atoms with Crippen molar-refractivity contribution in [3.63, 3.8) is 0 Å². The Morgan fingerprint density at radius 3 is 2.82 bits per heavy atom. The van der Waals surface area contributed by atoms with Crippen LogP contribution in [0.25, 0.3) is 10.2 Å². The highest BCUT2D eigenvalue weighted by Crippen LogP contribution is 2.35. The van der Waals surface area contributed by atoms with E-state index < -0.39 is 0 Å². The highest BCUT2D eigenvalue weighted by molar-refractivity contribution is 7.18. The first kappa shape index (κ1) is 11.2. The van der Waals surface area contributed by atoms with E-state index in [9.17, 15) is 0 Å². The Hall–Kier alpha value is -0.870. The molecule has 2 heterocycles. The summed E-state index contributed by atoms with van der Waals surface area (Å²) >= 11 is 7.72. The van der Waals surface area contributed by atoms with Crippen LogP contribution in [-0.2, 0) is 0 Å². The molecule has 1 fully saturated rings. The van der Waals surface area contributed by atoms with Gasteiger partial charge in [-0.25, -0.2) is 9.97 Å². The number of thiophene rings is 1. The van der Waals surface area contributed by atoms with Crippen molar-refractivity contribution in [2.24, 2.45) is 0 Å². The van der Waals surface area contributed by atoms with Crippen LogP contribution in [0.15, 0.2) is 6.33 Å². The van der Waals surface area contributed by atoms with Gasteiger partial charge in [0.1, 0.15) is 17.0 Å². The maximum absolute atomic E-state index is 5.99. The molecule has 1 aliphatic carbocycles. The lowest BCUT2D eigenvalue weighted by atomic mass is 9.92. The second kappa shape index (κ2) is 4.10. The molecule has 0 aromatic carbocycles. The molecule has 0 atom stereocenters. The molecule has 2 aromatic rings. The van der Waals surface area contributed by atoms with Gasteiger partial charge in [-0.05, 0) is 32.3 Å². The van der Waals surface area contributed by atoms with Gasteiger partial charge in [-0.15, -0.1) is 22.9 Å². The number of nitrogens with zero attached hydrogens (tertiary/aromatic N) is 2. The van der Waals surface area contributed by atoms with Crippen molar-refractivity contribution >= 4 is 39.0 Å². The lowest BCUT2D eigenvalue weighted by Gasteiger charge is -2.32. The molecule has 5 heteroatoms. The maximum Gasteiger partial charge on any atom is 0.138 e. The third-order valence-corrected chi connectivity index (χ3v) is 4.86. The van der Waals surface area contributed by atoms with E-state index >= 15 is 0 Å². The molecule has 1 N–H and O–H groups in total. The SMILES string of the molecule is Cc1sc2ncnc(NC3CC(Cl)C3)c2c1C. The summed E-state index contributed by atoms with van der Waals surface area (Å²) in [6.45, 7) is 4.26. The fraction of sp³-hybridized carbons (Fsp3) is 0.500. The third kappa shape index (κ3) is 1.89. The maximum atomic E-state index is 5.99. The van der Waals surface area contributed by atoms with E-state index in [4.69, 9.17) is 11.6 Å². The average molecular weight is 268 g/mol. The van der Waals surface area contributed by atoms with Crippen LogP contribution >= 0.6 is 22.9 Å². The number of rotatable bonds is 2. The minimum Gasteiger partial charge on any atom is -0.367 e. The van der Waals surface area contributed by atoms with Crippen molar-refractivity contribution < 1.29 is 0 Å². The number of nitrogens with one attached hydrogen (secondary N) is 1. The van der Waals surface area contributed by atoms with E-state index in [2.05, 4.69) is 29.1 Å². The smallest absolute Gasteiger partial charge is 0.138 e. The molecular weight excluding hydrogens is 254 g/mol. The quantitative estimate of drug-likeness (QED) is 0.847. The van der Waals surface area contributed by atoms with E-state index in [0.29, 0.717) is 11.4 Å². The summed E-state index contributed by atoms with van der Waals surface area (Å²) in [5, 5.41) is 4.98. The van der Waals surface area contributed by atoms with Crippen molar-refractivity contribution in [2.75, 3.05) is 5.32 Å². The second-order valence-electron chi connectivity index (χ2n) is 4.60. The number of hydrogen-bond acceptors (Lipinski definition) is 4. The number of aromatic nitrogens is 2. The Morgan fingerprint density at radius 2 is 2.12 bits per heavy atom. The average Bonchev–Trinajstić information content (AvgIpc) is 2.54. The summed E-state index contributed by atoms with van der Waals surface area (Å²) in [4.78, 5) is 11.1. The molecule has 0 spiro atoms. The van der Waals surface area contributed by atoms with Gasteiger partial charge < -0.3 is 5.32 Å². The van der Waals surface area contributed by atoms with Crippen molar-refractivity contribution in [2.45, 2.75) is 38.1 Å². The van der Waals surface area contributed by atoms with Gasteiger partial charge in [-0.1, -0.05) is 0 Å². The monoisotopic (exact) mass is 267 g/mol. The normalized spacial score (nSPS) is 23.7. The van der Waals surface area contributed by atoms with Gasteiger partial charge in [-0.2, -0.15) is 0 Å². The van der Waals surface area contributed by atoms with E-state index in [1.165, 1.54) is 15.8 Å². The molecule has 1 saturated carbocycles. The van der Waals surface area contributed by atoms with Crippen LogP contribution < -0.4 is 5.32 Å². The largest absolute Gasteiger partial charge is 0.367 e. The molecule has 90 valence electrons. The number of aryl methyl sites for hydroxylation is 2. The fourth-order valence-corrected chi connectivity index (χ4v) is 3.58. The highest BCUT2D eigenvalue weighted by atomic mass is 35.5. The van der Waals surface area contributed by atoms with Crippen LogP contribution in [-0.4, -0.2) is 21.4 Å². The first-order valence-corrected chi connectivity index (χ1v) is 7.01. The first-order valence-electron chi connectivity index (χ1n) is 5.76. The zero-order chi connectivity index (χ0) is 12.0. The summed E-state index contributed by atoms with van der Waals surface area (Å²) < 4.78 is 0. The highest BCUT2D eigenvalue weighted by Gasteiger charge is 2.28. The summed E-state index contributed by atoms with van der Waals surface area (Å²) in [6.07, 6.45) is 3.68. The molecule has 0 amide bonds. The Kier molecular flexibility index (Phi) is 2.71. The Labute approximate surface area is 109 Å². The topological polar surface area (TPSA) is 37.8 Å². The molecule has 0 aliphatic heterocycles. The Bertz CT molecular complexity index is 560. The Morgan fingerprint density at radius 1 is 1.35 bits per heavy atom. The number of halogens is 1. The van der Waals surface area contributed by atoms with Gasteiger partial charge in [0, 0.05) is 16.3 Å². The van der Waals surface area contributed by atoms with Gasteiger partial charge in [-0.3, -0.25) is 0 Å². The molecule has 0 bridgehead atoms. The lowest BCUT2D eigenvalue weighted by Crippen LogP contribution is -2.36. The number of fused-ring (bicyclic) bond motifs is 1. The summed E-state index contributed by atoms with van der Waals surface area (Å²) in [5.41, 5.74) is 1.29. The van der Waals surface area contributed by atoms with Gasteiger partial charge in [0.15, 0.2) is 0 Å². The van der Waals surface area contributed by atoms with Crippen LogP contribution in [0.4, 0.5) is 5.82 Å². The zero-order valence-electron chi connectivity index (χ0n) is 9.83. The minimum atomic E-state index is 0.329. The van der Waals surface area contributed by atoms with Crippen molar-refractivity contribution in [1.29, 1.82) is 0 Å². The first-order chi connectivity index (χ1) is 8.15. The molecule has 3 nitrogen and oxygen atoms in total. The Balaban J connectivity index is 1.98. The number of alkyl halides is 1. The van der Waals surface area contributed by atoms with Crippen LogP contribution in [0.1, 0.15) is 23.3 Å².